The summed E-state index contributed by atoms with van der Waals surface area (Å²) in [5, 5.41) is 33.2. The van der Waals surface area contributed by atoms with Crippen LogP contribution in [0.3, 0.4) is 0 Å². The van der Waals surface area contributed by atoms with Gasteiger partial charge in [-0.1, -0.05) is 13.8 Å². The number of nitrogens with two attached hydrogens (primary N) is 1. The molecule has 0 aliphatic carbocycles. The van der Waals surface area contributed by atoms with Crippen LogP contribution in [0, 0.1) is 5.92 Å². The van der Waals surface area contributed by atoms with E-state index in [0.29, 0.717) is 0 Å². The summed E-state index contributed by atoms with van der Waals surface area (Å²) >= 11 is 3.76. The Hall–Kier alpha value is -2.87. The van der Waals surface area contributed by atoms with Crippen molar-refractivity contribution >= 4 is 48.3 Å². The first-order chi connectivity index (χ1) is 14.3. The molecule has 14 heteroatoms. The number of carbonyl (C=O) groups is 6. The highest BCUT2D eigenvalue weighted by atomic mass is 32.1. The van der Waals surface area contributed by atoms with Crippen LogP contribution >= 0.6 is 12.6 Å². The molecule has 0 bridgehead atoms. The smallest absolute Gasteiger partial charge is 0.327 e. The molecule has 0 aromatic carbocycles. The van der Waals surface area contributed by atoms with Gasteiger partial charge < -0.3 is 37.0 Å². The van der Waals surface area contributed by atoms with Gasteiger partial charge in [-0.15, -0.1) is 0 Å². The fraction of sp³-hybridized carbons (Fsp3) is 0.647. The Morgan fingerprint density at radius 2 is 1.16 bits per heavy atom. The Bertz CT molecular complexity index is 701. The van der Waals surface area contributed by atoms with Crippen LogP contribution in [0.25, 0.3) is 0 Å². The van der Waals surface area contributed by atoms with Gasteiger partial charge in [-0.25, -0.2) is 4.79 Å². The molecule has 31 heavy (non-hydrogen) atoms. The molecule has 0 fully saturated rings. The van der Waals surface area contributed by atoms with Gasteiger partial charge in [0.2, 0.25) is 17.7 Å². The lowest BCUT2D eigenvalue weighted by Gasteiger charge is -2.24. The molecule has 4 unspecified atom stereocenters. The molecule has 0 heterocycles. The van der Waals surface area contributed by atoms with E-state index in [1.807, 2.05) is 10.6 Å². The third-order valence-electron chi connectivity index (χ3n) is 3.88. The monoisotopic (exact) mass is 464 g/mol. The van der Waals surface area contributed by atoms with Crippen molar-refractivity contribution in [3.8, 4) is 0 Å². The molecule has 0 aliphatic rings. The summed E-state index contributed by atoms with van der Waals surface area (Å²) in [6.07, 6.45) is -1.52. The molecule has 176 valence electrons. The maximum atomic E-state index is 12.5. The van der Waals surface area contributed by atoms with Gasteiger partial charge in [0.1, 0.15) is 18.1 Å². The van der Waals surface area contributed by atoms with Crippen LogP contribution < -0.4 is 21.7 Å². The van der Waals surface area contributed by atoms with Crippen molar-refractivity contribution in [2.24, 2.45) is 11.7 Å². The van der Waals surface area contributed by atoms with Crippen LogP contribution in [0.5, 0.6) is 0 Å². The number of nitrogens with one attached hydrogen (secondary N) is 3. The number of aliphatic carboxylic acids is 3. The van der Waals surface area contributed by atoms with Crippen molar-refractivity contribution in [1.82, 2.24) is 16.0 Å². The number of carboxylic acids is 3. The van der Waals surface area contributed by atoms with Gasteiger partial charge in [-0.3, -0.25) is 24.0 Å². The fourth-order valence-electron chi connectivity index (χ4n) is 2.39. The topological polar surface area (TPSA) is 225 Å². The lowest BCUT2D eigenvalue weighted by Crippen LogP contribution is -2.58. The van der Waals surface area contributed by atoms with Gasteiger partial charge in [0.05, 0.1) is 18.9 Å². The number of carboxylic acid groups (broad SMARTS) is 3. The lowest BCUT2D eigenvalue weighted by molar-refractivity contribution is -0.144. The average Bonchev–Trinajstić information content (AvgIpc) is 2.62. The average molecular weight is 464 g/mol. The predicted molar refractivity (Wildman–Crippen MR) is 109 cm³/mol. The fourth-order valence-corrected chi connectivity index (χ4v) is 2.64. The second-order valence-corrected chi connectivity index (χ2v) is 7.50. The second kappa shape index (κ2) is 13.4. The first-order valence-electron chi connectivity index (χ1n) is 9.22. The summed E-state index contributed by atoms with van der Waals surface area (Å²) < 4.78 is 0. The largest absolute Gasteiger partial charge is 0.481 e. The predicted octanol–water partition coefficient (Wildman–Crippen LogP) is -2.22. The molecule has 3 amide bonds. The number of hydrogen-bond acceptors (Lipinski definition) is 8. The van der Waals surface area contributed by atoms with Gasteiger partial charge >= 0.3 is 17.9 Å². The van der Waals surface area contributed by atoms with Gasteiger partial charge in [0, 0.05) is 5.75 Å². The van der Waals surface area contributed by atoms with Gasteiger partial charge in [0.15, 0.2) is 0 Å². The number of amides is 3. The van der Waals surface area contributed by atoms with Crippen LogP contribution in [0.2, 0.25) is 0 Å². The summed E-state index contributed by atoms with van der Waals surface area (Å²) in [4.78, 5) is 70.1. The minimum Gasteiger partial charge on any atom is -0.481 e. The number of hydrogen-bond donors (Lipinski definition) is 8. The minimum absolute atomic E-state index is 0.0464. The lowest BCUT2D eigenvalue weighted by atomic mass is 10.0. The maximum Gasteiger partial charge on any atom is 0.327 e. The van der Waals surface area contributed by atoms with Crippen LogP contribution in [0.4, 0.5) is 0 Å². The molecule has 4 atom stereocenters. The molecule has 0 saturated carbocycles. The quantitative estimate of drug-likeness (QED) is 0.129. The van der Waals surface area contributed by atoms with E-state index in [2.05, 4.69) is 17.9 Å². The van der Waals surface area contributed by atoms with E-state index < -0.39 is 72.6 Å². The molecule has 0 rings (SSSR count). The molecule has 0 aromatic rings. The van der Waals surface area contributed by atoms with E-state index in [4.69, 9.17) is 21.1 Å². The number of thiol groups is 1. The van der Waals surface area contributed by atoms with E-state index in [0.717, 1.165) is 0 Å². The highest BCUT2D eigenvalue weighted by Crippen LogP contribution is 2.05. The highest BCUT2D eigenvalue weighted by Gasteiger charge is 2.32. The van der Waals surface area contributed by atoms with Gasteiger partial charge in [-0.05, 0) is 12.3 Å². The Morgan fingerprint density at radius 3 is 1.48 bits per heavy atom. The summed E-state index contributed by atoms with van der Waals surface area (Å²) in [7, 11) is 0. The molecule has 13 nitrogen and oxygen atoms in total. The van der Waals surface area contributed by atoms with E-state index in [-0.39, 0.29) is 18.1 Å². The number of carbonyl (C=O) groups excluding carboxylic acids is 3. The van der Waals surface area contributed by atoms with Crippen LogP contribution in [0.15, 0.2) is 0 Å². The summed E-state index contributed by atoms with van der Waals surface area (Å²) in [6.45, 7) is 3.61. The first-order valence-corrected chi connectivity index (χ1v) is 9.85. The standard InChI is InChI=1S/C17H28N4O9S/c1-7(2)3-8(18)14(26)19-9(4-12(22)23)15(27)20-10(5-13(24)25)16(28)21-11(6-31)17(29)30/h7-11,31H,3-6,18H2,1-2H3,(H,19,26)(H,20,27)(H,21,28)(H,22,23)(H,24,25)(H,29,30). The molecule has 8 N–H and O–H groups in total. The van der Waals surface area contributed by atoms with Crippen molar-refractivity contribution in [3.63, 3.8) is 0 Å². The van der Waals surface area contributed by atoms with Crippen molar-refractivity contribution < 1.29 is 44.1 Å². The van der Waals surface area contributed by atoms with Crippen molar-refractivity contribution in [2.75, 3.05) is 5.75 Å². The van der Waals surface area contributed by atoms with Crippen molar-refractivity contribution in [2.45, 2.75) is 57.3 Å². The van der Waals surface area contributed by atoms with Gasteiger partial charge in [0.25, 0.3) is 0 Å². The van der Waals surface area contributed by atoms with Crippen LogP contribution in [-0.2, 0) is 28.8 Å². The third-order valence-corrected chi connectivity index (χ3v) is 4.25. The van der Waals surface area contributed by atoms with E-state index >= 15 is 0 Å². The van der Waals surface area contributed by atoms with E-state index in [1.165, 1.54) is 0 Å². The molecule has 0 saturated heterocycles. The summed E-state index contributed by atoms with van der Waals surface area (Å²) in [5.41, 5.74) is 5.72. The van der Waals surface area contributed by atoms with Crippen LogP contribution in [-0.4, -0.2) is 80.9 Å². The van der Waals surface area contributed by atoms with E-state index in [9.17, 15) is 28.8 Å². The van der Waals surface area contributed by atoms with Crippen LogP contribution in [0.1, 0.15) is 33.1 Å². The Kier molecular flexibility index (Phi) is 12.2. The molecular formula is C17H28N4O9S. The third kappa shape index (κ3) is 11.2. The zero-order chi connectivity index (χ0) is 24.3. The SMILES string of the molecule is CC(C)CC(N)C(=O)NC(CC(=O)O)C(=O)NC(CC(=O)O)C(=O)NC(CS)C(=O)O. The molecular weight excluding hydrogens is 436 g/mol. The summed E-state index contributed by atoms with van der Waals surface area (Å²) in [5.74, 6) is -7.70. The Balaban J connectivity index is 5.45. The number of rotatable bonds is 14. The molecule has 0 aromatic heterocycles. The first kappa shape index (κ1) is 28.1. The van der Waals surface area contributed by atoms with Crippen molar-refractivity contribution in [1.29, 1.82) is 0 Å². The molecule has 0 spiro atoms. The van der Waals surface area contributed by atoms with Crippen molar-refractivity contribution in [3.05, 3.63) is 0 Å². The Morgan fingerprint density at radius 1 is 0.774 bits per heavy atom. The minimum atomic E-state index is -1.73. The van der Waals surface area contributed by atoms with Gasteiger partial charge in [-0.2, -0.15) is 12.6 Å². The second-order valence-electron chi connectivity index (χ2n) is 7.14. The zero-order valence-corrected chi connectivity index (χ0v) is 17.9. The zero-order valence-electron chi connectivity index (χ0n) is 17.0. The molecule has 0 aliphatic heterocycles. The normalized spacial score (nSPS) is 14.6. The van der Waals surface area contributed by atoms with E-state index in [1.54, 1.807) is 13.8 Å². The summed E-state index contributed by atoms with van der Waals surface area (Å²) in [6, 6.07) is -5.85. The maximum absolute atomic E-state index is 12.5. The molecule has 0 radical (unpaired) electrons. The Labute approximate surface area is 183 Å². The highest BCUT2D eigenvalue weighted by molar-refractivity contribution is 7.80.